The third kappa shape index (κ3) is 7.49. The number of aryl methyl sites for hydroxylation is 2. The van der Waals surface area contributed by atoms with Crippen molar-refractivity contribution < 1.29 is 0 Å². The summed E-state index contributed by atoms with van der Waals surface area (Å²) in [7, 11) is -0.00571. The number of hydrogen-bond donors (Lipinski definition) is 0. The van der Waals surface area contributed by atoms with E-state index in [1.807, 2.05) is 11.3 Å². The van der Waals surface area contributed by atoms with Crippen molar-refractivity contribution in [3.63, 3.8) is 0 Å². The average molecular weight is 621 g/mol. The largest absolute Gasteiger partial charge is 0.301 e. The molecule has 0 spiro atoms. The Labute approximate surface area is 269 Å². The van der Waals surface area contributed by atoms with Gasteiger partial charge in [-0.05, 0) is 85.2 Å². The molecule has 0 saturated carbocycles. The Bertz CT molecular complexity index is 1680. The zero-order valence-electron chi connectivity index (χ0n) is 26.1. The van der Waals surface area contributed by atoms with E-state index in [2.05, 4.69) is 131 Å². The SMILES string of the molecule is C=S(C)c1cccc(-c2ccc(-c3cc(CN4CCN(CCCc5ccccc5)CC4)nn3-c3ccccc3CCC)s2)c1. The lowest BCUT2D eigenvalue weighted by atomic mass is 10.1. The summed E-state index contributed by atoms with van der Waals surface area (Å²) in [5.74, 6) is 4.26. The van der Waals surface area contributed by atoms with Gasteiger partial charge in [-0.25, -0.2) is 4.68 Å². The second-order valence-corrected chi connectivity index (χ2v) is 14.7. The normalized spacial score (nSPS) is 15.0. The topological polar surface area (TPSA) is 24.3 Å². The van der Waals surface area contributed by atoms with Crippen LogP contribution in [0.25, 0.3) is 26.7 Å². The molecule has 44 heavy (non-hydrogen) atoms. The van der Waals surface area contributed by atoms with Crippen molar-refractivity contribution in [3.05, 3.63) is 114 Å². The summed E-state index contributed by atoms with van der Waals surface area (Å²) in [5, 5.41) is 5.28. The summed E-state index contributed by atoms with van der Waals surface area (Å²) in [6.45, 7) is 8.74. The number of piperazine rings is 1. The second-order valence-electron chi connectivity index (χ2n) is 11.8. The molecule has 3 aromatic carbocycles. The van der Waals surface area contributed by atoms with Gasteiger partial charge >= 0.3 is 0 Å². The maximum atomic E-state index is 5.28. The number of benzene rings is 3. The molecule has 0 bridgehead atoms. The van der Waals surface area contributed by atoms with E-state index in [0.717, 1.165) is 57.7 Å². The molecule has 1 aliphatic rings. The van der Waals surface area contributed by atoms with Crippen molar-refractivity contribution in [1.29, 1.82) is 0 Å². The molecular weight excluding hydrogens is 577 g/mol. The molecule has 0 amide bonds. The molecule has 5 aromatic rings. The van der Waals surface area contributed by atoms with Gasteiger partial charge in [-0.2, -0.15) is 15.6 Å². The highest BCUT2D eigenvalue weighted by molar-refractivity contribution is 8.13. The van der Waals surface area contributed by atoms with Gasteiger partial charge in [0.15, 0.2) is 0 Å². The Hall–Kier alpha value is -3.29. The Morgan fingerprint density at radius 2 is 1.55 bits per heavy atom. The van der Waals surface area contributed by atoms with Crippen LogP contribution in [0.15, 0.2) is 102 Å². The van der Waals surface area contributed by atoms with E-state index in [4.69, 9.17) is 5.10 Å². The van der Waals surface area contributed by atoms with Crippen LogP contribution in [0.2, 0.25) is 0 Å². The molecule has 6 rings (SSSR count). The molecule has 0 radical (unpaired) electrons. The van der Waals surface area contributed by atoms with Gasteiger partial charge in [0.2, 0.25) is 0 Å². The first-order valence-electron chi connectivity index (χ1n) is 15.9. The molecule has 1 aliphatic heterocycles. The maximum absolute atomic E-state index is 5.28. The van der Waals surface area contributed by atoms with Crippen molar-refractivity contribution >= 4 is 27.7 Å². The van der Waals surface area contributed by atoms with Gasteiger partial charge in [0, 0.05) is 42.5 Å². The van der Waals surface area contributed by atoms with Gasteiger partial charge in [-0.3, -0.25) is 4.90 Å². The zero-order chi connectivity index (χ0) is 30.3. The molecule has 1 saturated heterocycles. The molecule has 4 nitrogen and oxygen atoms in total. The molecule has 1 fully saturated rings. The van der Waals surface area contributed by atoms with Crippen LogP contribution >= 0.6 is 21.8 Å². The van der Waals surface area contributed by atoms with Crippen molar-refractivity contribution in [2.24, 2.45) is 0 Å². The lowest BCUT2D eigenvalue weighted by molar-refractivity contribution is 0.125. The number of aromatic nitrogens is 2. The predicted octanol–water partition coefficient (Wildman–Crippen LogP) is 8.66. The maximum Gasteiger partial charge on any atom is 0.0844 e. The highest BCUT2D eigenvalue weighted by atomic mass is 32.2. The smallest absolute Gasteiger partial charge is 0.0844 e. The molecule has 3 heterocycles. The predicted molar refractivity (Wildman–Crippen MR) is 192 cm³/mol. The molecular formula is C38H44N4S2. The fraction of sp³-hybridized carbons (Fsp3) is 0.316. The minimum absolute atomic E-state index is 0.00571. The van der Waals surface area contributed by atoms with Crippen LogP contribution in [0.4, 0.5) is 0 Å². The van der Waals surface area contributed by atoms with Gasteiger partial charge < -0.3 is 4.90 Å². The number of thiophene rings is 1. The first-order valence-corrected chi connectivity index (χ1v) is 18.5. The standard InChI is InChI=1S/C38H44N4S2/c1-4-12-31-16-8-9-19-35(31)42-36(38-21-20-37(43-38)32-17-10-18-34(27-32)44(2)3)28-33(39-42)29-41-25-23-40(24-26-41)22-11-15-30-13-6-5-7-14-30/h5-10,13-14,16-21,27-28H,2,4,11-12,15,22-26,29H2,1,3H3. The van der Waals surface area contributed by atoms with Gasteiger partial charge in [-0.1, -0.05) is 79.9 Å². The quantitative estimate of drug-likeness (QED) is 0.131. The Balaban J connectivity index is 1.20. The minimum Gasteiger partial charge on any atom is -0.301 e. The summed E-state index contributed by atoms with van der Waals surface area (Å²) in [4.78, 5) is 9.04. The highest BCUT2D eigenvalue weighted by Crippen LogP contribution is 2.38. The summed E-state index contributed by atoms with van der Waals surface area (Å²) < 4.78 is 2.21. The lowest BCUT2D eigenvalue weighted by Crippen LogP contribution is -2.46. The van der Waals surface area contributed by atoms with E-state index in [0.29, 0.717) is 0 Å². The number of para-hydroxylation sites is 1. The third-order valence-electron chi connectivity index (χ3n) is 8.51. The van der Waals surface area contributed by atoms with Crippen molar-refractivity contribution in [2.45, 2.75) is 44.0 Å². The zero-order valence-corrected chi connectivity index (χ0v) is 27.8. The van der Waals surface area contributed by atoms with E-state index in [-0.39, 0.29) is 10.5 Å². The van der Waals surface area contributed by atoms with Crippen LogP contribution in [0.3, 0.4) is 0 Å². The monoisotopic (exact) mass is 620 g/mol. The van der Waals surface area contributed by atoms with Crippen LogP contribution in [-0.4, -0.2) is 64.4 Å². The Morgan fingerprint density at radius 3 is 2.34 bits per heavy atom. The Morgan fingerprint density at radius 1 is 0.795 bits per heavy atom. The van der Waals surface area contributed by atoms with E-state index in [1.54, 1.807) is 0 Å². The minimum atomic E-state index is -0.00571. The molecule has 1 unspecified atom stereocenters. The van der Waals surface area contributed by atoms with Crippen LogP contribution < -0.4 is 0 Å². The van der Waals surface area contributed by atoms with E-state index >= 15 is 0 Å². The average Bonchev–Trinajstić information content (AvgIpc) is 3.71. The first-order chi connectivity index (χ1) is 21.6. The van der Waals surface area contributed by atoms with Gasteiger partial charge in [0.05, 0.1) is 22.0 Å². The molecule has 6 heteroatoms. The highest BCUT2D eigenvalue weighted by Gasteiger charge is 2.21. The summed E-state index contributed by atoms with van der Waals surface area (Å²) in [5.41, 5.74) is 7.59. The number of nitrogens with zero attached hydrogens (tertiary/aromatic N) is 4. The second kappa shape index (κ2) is 14.7. The van der Waals surface area contributed by atoms with Crippen LogP contribution in [-0.2, 0) is 19.4 Å². The van der Waals surface area contributed by atoms with Crippen LogP contribution in [0.5, 0.6) is 0 Å². The van der Waals surface area contributed by atoms with Crippen LogP contribution in [0, 0.1) is 0 Å². The molecule has 0 aliphatic carbocycles. The first kappa shape index (κ1) is 30.7. The summed E-state index contributed by atoms with van der Waals surface area (Å²) in [6, 6.07) is 35.4. The van der Waals surface area contributed by atoms with Gasteiger partial charge in [0.25, 0.3) is 0 Å². The van der Waals surface area contributed by atoms with Crippen molar-refractivity contribution in [3.8, 4) is 26.7 Å². The van der Waals surface area contributed by atoms with E-state index < -0.39 is 0 Å². The number of hydrogen-bond acceptors (Lipinski definition) is 4. The van der Waals surface area contributed by atoms with Crippen molar-refractivity contribution in [1.82, 2.24) is 19.6 Å². The van der Waals surface area contributed by atoms with E-state index in [1.165, 1.54) is 55.7 Å². The van der Waals surface area contributed by atoms with Crippen LogP contribution in [0.1, 0.15) is 36.6 Å². The summed E-state index contributed by atoms with van der Waals surface area (Å²) >= 11 is 1.85. The van der Waals surface area contributed by atoms with E-state index in [9.17, 15) is 0 Å². The number of rotatable bonds is 12. The fourth-order valence-electron chi connectivity index (χ4n) is 6.11. The third-order valence-corrected chi connectivity index (χ3v) is 10.7. The molecule has 1 atom stereocenters. The molecule has 0 N–H and O–H groups in total. The lowest BCUT2D eigenvalue weighted by Gasteiger charge is -2.34. The molecule has 2 aromatic heterocycles. The van der Waals surface area contributed by atoms with Crippen molar-refractivity contribution in [2.75, 3.05) is 39.0 Å². The van der Waals surface area contributed by atoms with Gasteiger partial charge in [-0.15, -0.1) is 11.3 Å². The Kier molecular flexibility index (Phi) is 10.2. The van der Waals surface area contributed by atoms with Gasteiger partial charge in [0.1, 0.15) is 0 Å². The fourth-order valence-corrected chi connectivity index (χ4v) is 7.76. The summed E-state index contributed by atoms with van der Waals surface area (Å²) in [6.07, 6.45) is 6.71. The molecule has 228 valence electrons.